The Balaban J connectivity index is 2.01. The van der Waals surface area contributed by atoms with E-state index < -0.39 is 0 Å². The molecular weight excluding hydrogens is 244 g/mol. The molecule has 2 nitrogen and oxygen atoms in total. The summed E-state index contributed by atoms with van der Waals surface area (Å²) < 4.78 is 0. The summed E-state index contributed by atoms with van der Waals surface area (Å²) in [7, 11) is 0. The quantitative estimate of drug-likeness (QED) is 0.795. The van der Waals surface area contributed by atoms with Crippen LogP contribution in [0.25, 0.3) is 0 Å². The second kappa shape index (κ2) is 7.80. The van der Waals surface area contributed by atoms with Gasteiger partial charge in [0.1, 0.15) is 0 Å². The average molecular weight is 274 g/mol. The van der Waals surface area contributed by atoms with Crippen LogP contribution in [0.5, 0.6) is 0 Å². The van der Waals surface area contributed by atoms with Crippen LogP contribution in [0.2, 0.25) is 0 Å². The number of unbranched alkanes of at least 4 members (excludes halogenated alkanes) is 1. The Hall–Kier alpha value is -0.860. The smallest absolute Gasteiger partial charge is 0.0102 e. The minimum atomic E-state index is 0.326. The first-order valence-electron chi connectivity index (χ1n) is 8.26. The van der Waals surface area contributed by atoms with Gasteiger partial charge in [0.25, 0.3) is 0 Å². The van der Waals surface area contributed by atoms with E-state index in [1.54, 1.807) is 0 Å². The highest BCUT2D eigenvalue weighted by atomic mass is 14.9. The van der Waals surface area contributed by atoms with Gasteiger partial charge in [0.15, 0.2) is 0 Å². The Morgan fingerprint density at radius 1 is 1.20 bits per heavy atom. The third-order valence-corrected chi connectivity index (χ3v) is 4.73. The molecule has 1 saturated heterocycles. The minimum absolute atomic E-state index is 0.326. The van der Waals surface area contributed by atoms with Gasteiger partial charge in [0, 0.05) is 18.0 Å². The van der Waals surface area contributed by atoms with Gasteiger partial charge < -0.3 is 10.6 Å². The van der Waals surface area contributed by atoms with Crippen molar-refractivity contribution in [2.24, 2.45) is 0 Å². The van der Waals surface area contributed by atoms with E-state index in [1.165, 1.54) is 37.7 Å². The van der Waals surface area contributed by atoms with Crippen molar-refractivity contribution >= 4 is 0 Å². The lowest BCUT2D eigenvalue weighted by atomic mass is 9.73. The summed E-state index contributed by atoms with van der Waals surface area (Å²) in [4.78, 5) is 0. The monoisotopic (exact) mass is 274 g/mol. The van der Waals surface area contributed by atoms with Gasteiger partial charge in [-0.2, -0.15) is 0 Å². The highest BCUT2D eigenvalue weighted by Gasteiger charge is 2.33. The zero-order valence-electron chi connectivity index (χ0n) is 13.1. The van der Waals surface area contributed by atoms with Crippen molar-refractivity contribution in [2.45, 2.75) is 57.4 Å². The molecule has 0 spiro atoms. The number of piperidine rings is 1. The van der Waals surface area contributed by atoms with E-state index in [2.05, 4.69) is 54.8 Å². The van der Waals surface area contributed by atoms with Crippen LogP contribution >= 0.6 is 0 Å². The van der Waals surface area contributed by atoms with Crippen LogP contribution in [0.4, 0.5) is 0 Å². The van der Waals surface area contributed by atoms with Gasteiger partial charge in [-0.15, -0.1) is 0 Å². The van der Waals surface area contributed by atoms with Gasteiger partial charge in [0.2, 0.25) is 0 Å². The summed E-state index contributed by atoms with van der Waals surface area (Å²) in [6, 6.07) is 11.7. The van der Waals surface area contributed by atoms with Crippen molar-refractivity contribution < 1.29 is 0 Å². The Morgan fingerprint density at radius 2 is 1.90 bits per heavy atom. The molecule has 2 N–H and O–H groups in total. The fourth-order valence-corrected chi connectivity index (χ4v) is 3.25. The summed E-state index contributed by atoms with van der Waals surface area (Å²) in [6.45, 7) is 7.99. The molecule has 1 atom stereocenters. The maximum atomic E-state index is 3.80. The van der Waals surface area contributed by atoms with Gasteiger partial charge in [-0.05, 0) is 44.8 Å². The predicted octanol–water partition coefficient (Wildman–Crippen LogP) is 3.48. The topological polar surface area (TPSA) is 24.1 Å². The largest absolute Gasteiger partial charge is 0.317 e. The highest BCUT2D eigenvalue weighted by molar-refractivity contribution is 5.27. The summed E-state index contributed by atoms with van der Waals surface area (Å²) in [5.74, 6) is 0. The Morgan fingerprint density at radius 3 is 2.55 bits per heavy atom. The van der Waals surface area contributed by atoms with Crippen LogP contribution in [0.15, 0.2) is 30.3 Å². The van der Waals surface area contributed by atoms with Crippen molar-refractivity contribution in [1.82, 2.24) is 10.6 Å². The summed E-state index contributed by atoms with van der Waals surface area (Å²) in [5.41, 5.74) is 1.84. The lowest BCUT2D eigenvalue weighted by molar-refractivity contribution is 0.280. The molecule has 1 unspecified atom stereocenters. The SMILES string of the molecule is CCCCC(C)NCC1(c2ccccc2)CCNCC1. The molecule has 0 aromatic heterocycles. The zero-order chi connectivity index (χ0) is 14.3. The average Bonchev–Trinajstić information content (AvgIpc) is 2.52. The van der Waals surface area contributed by atoms with Crippen LogP contribution in [-0.4, -0.2) is 25.7 Å². The Labute approximate surface area is 124 Å². The van der Waals surface area contributed by atoms with E-state index >= 15 is 0 Å². The standard InChI is InChI=1S/C18H30N2/c1-3-4-8-16(2)20-15-18(11-13-19-14-12-18)17-9-6-5-7-10-17/h5-7,9-10,16,19-20H,3-4,8,11-15H2,1-2H3. The molecule has 1 aliphatic heterocycles. The second-order valence-corrected chi connectivity index (χ2v) is 6.32. The molecule has 2 rings (SSSR count). The van der Waals surface area contributed by atoms with Crippen LogP contribution in [0.1, 0.15) is 51.5 Å². The van der Waals surface area contributed by atoms with Crippen LogP contribution in [0.3, 0.4) is 0 Å². The van der Waals surface area contributed by atoms with Crippen molar-refractivity contribution in [3.63, 3.8) is 0 Å². The molecule has 2 heteroatoms. The highest BCUT2D eigenvalue weighted by Crippen LogP contribution is 2.32. The fourth-order valence-electron chi connectivity index (χ4n) is 3.25. The molecule has 1 aliphatic rings. The zero-order valence-corrected chi connectivity index (χ0v) is 13.1. The normalized spacial score (nSPS) is 19.7. The summed E-state index contributed by atoms with van der Waals surface area (Å²) >= 11 is 0. The first-order chi connectivity index (χ1) is 9.77. The molecule has 0 aliphatic carbocycles. The van der Waals surface area contributed by atoms with E-state index in [-0.39, 0.29) is 0 Å². The molecule has 0 bridgehead atoms. The van der Waals surface area contributed by atoms with Crippen LogP contribution in [0, 0.1) is 0 Å². The van der Waals surface area contributed by atoms with E-state index in [4.69, 9.17) is 0 Å². The van der Waals surface area contributed by atoms with Gasteiger partial charge in [-0.25, -0.2) is 0 Å². The summed E-state index contributed by atoms with van der Waals surface area (Å²) in [6.07, 6.45) is 6.39. The van der Waals surface area contributed by atoms with E-state index in [0.29, 0.717) is 11.5 Å². The van der Waals surface area contributed by atoms with Crippen molar-refractivity contribution in [3.05, 3.63) is 35.9 Å². The molecule has 1 aromatic rings. The molecular formula is C18H30N2. The summed E-state index contributed by atoms with van der Waals surface area (Å²) in [5, 5.41) is 7.30. The number of hydrogen-bond donors (Lipinski definition) is 2. The van der Waals surface area contributed by atoms with E-state index in [1.807, 2.05) is 0 Å². The molecule has 1 aromatic carbocycles. The van der Waals surface area contributed by atoms with Gasteiger partial charge in [0.05, 0.1) is 0 Å². The lowest BCUT2D eigenvalue weighted by Crippen LogP contribution is -2.48. The number of benzene rings is 1. The van der Waals surface area contributed by atoms with Crippen molar-refractivity contribution in [2.75, 3.05) is 19.6 Å². The van der Waals surface area contributed by atoms with Gasteiger partial charge in [-0.1, -0.05) is 50.1 Å². The minimum Gasteiger partial charge on any atom is -0.317 e. The first-order valence-corrected chi connectivity index (χ1v) is 8.26. The third-order valence-electron chi connectivity index (χ3n) is 4.73. The maximum absolute atomic E-state index is 3.80. The van der Waals surface area contributed by atoms with E-state index in [9.17, 15) is 0 Å². The molecule has 112 valence electrons. The Bertz CT molecular complexity index is 368. The first kappa shape index (κ1) is 15.5. The lowest BCUT2D eigenvalue weighted by Gasteiger charge is -2.39. The number of nitrogens with one attached hydrogen (secondary N) is 2. The molecule has 0 radical (unpaired) electrons. The maximum Gasteiger partial charge on any atom is 0.0102 e. The number of rotatable bonds is 7. The van der Waals surface area contributed by atoms with Gasteiger partial charge in [-0.3, -0.25) is 0 Å². The number of hydrogen-bond acceptors (Lipinski definition) is 2. The van der Waals surface area contributed by atoms with Crippen LogP contribution in [-0.2, 0) is 5.41 Å². The second-order valence-electron chi connectivity index (χ2n) is 6.32. The van der Waals surface area contributed by atoms with Crippen molar-refractivity contribution in [1.29, 1.82) is 0 Å². The van der Waals surface area contributed by atoms with Crippen LogP contribution < -0.4 is 10.6 Å². The van der Waals surface area contributed by atoms with E-state index in [0.717, 1.165) is 19.6 Å². The molecule has 1 fully saturated rings. The molecule has 20 heavy (non-hydrogen) atoms. The predicted molar refractivity (Wildman–Crippen MR) is 87.2 cm³/mol. The Kier molecular flexibility index (Phi) is 6.06. The molecule has 0 amide bonds. The van der Waals surface area contributed by atoms with Crippen molar-refractivity contribution in [3.8, 4) is 0 Å². The van der Waals surface area contributed by atoms with Gasteiger partial charge >= 0.3 is 0 Å². The molecule has 1 heterocycles. The third kappa shape index (κ3) is 4.07. The fraction of sp³-hybridized carbons (Fsp3) is 0.667. The molecule has 0 saturated carbocycles.